The van der Waals surface area contributed by atoms with Crippen molar-refractivity contribution in [1.82, 2.24) is 0 Å². The summed E-state index contributed by atoms with van der Waals surface area (Å²) < 4.78 is 1.16. The van der Waals surface area contributed by atoms with Gasteiger partial charge in [-0.25, -0.2) is 0 Å². The average Bonchev–Trinajstić information content (AvgIpc) is 2.65. The second kappa shape index (κ2) is 5.19. The second-order valence-corrected chi connectivity index (χ2v) is 6.80. The van der Waals surface area contributed by atoms with Gasteiger partial charge in [-0.05, 0) is 59.0 Å². The molecule has 0 bridgehead atoms. The maximum atomic E-state index is 10.6. The Bertz CT molecular complexity index is 339. The topological polar surface area (TPSA) is 20.2 Å². The van der Waals surface area contributed by atoms with Crippen molar-refractivity contribution >= 4 is 27.3 Å². The third kappa shape index (κ3) is 2.88. The molecule has 0 aliphatic heterocycles. The van der Waals surface area contributed by atoms with Gasteiger partial charge >= 0.3 is 0 Å². The van der Waals surface area contributed by atoms with Gasteiger partial charge in [0, 0.05) is 15.8 Å². The molecule has 0 amide bonds. The summed E-state index contributed by atoms with van der Waals surface area (Å²) in [6.45, 7) is 2.25. The Morgan fingerprint density at radius 2 is 2.19 bits per heavy atom. The molecule has 0 aromatic carbocycles. The molecule has 0 radical (unpaired) electrons. The fourth-order valence-corrected chi connectivity index (χ4v) is 4.18. The van der Waals surface area contributed by atoms with Crippen LogP contribution < -0.4 is 0 Å². The van der Waals surface area contributed by atoms with Gasteiger partial charge in [0.25, 0.3) is 0 Å². The maximum absolute atomic E-state index is 10.6. The molecule has 1 fully saturated rings. The number of halogens is 1. The van der Waals surface area contributed by atoms with Crippen LogP contribution in [-0.2, 0) is 6.42 Å². The molecule has 1 aliphatic rings. The van der Waals surface area contributed by atoms with Crippen LogP contribution in [0.5, 0.6) is 0 Å². The van der Waals surface area contributed by atoms with Gasteiger partial charge in [0.05, 0.1) is 5.60 Å². The number of hydrogen-bond acceptors (Lipinski definition) is 2. The van der Waals surface area contributed by atoms with Crippen molar-refractivity contribution in [1.29, 1.82) is 0 Å². The Morgan fingerprint density at radius 3 is 2.69 bits per heavy atom. The van der Waals surface area contributed by atoms with Crippen LogP contribution in [-0.4, -0.2) is 10.7 Å². The fourth-order valence-electron chi connectivity index (χ4n) is 2.55. The van der Waals surface area contributed by atoms with E-state index >= 15 is 0 Å². The Labute approximate surface area is 110 Å². The molecule has 1 aromatic rings. The van der Waals surface area contributed by atoms with Crippen molar-refractivity contribution in [2.24, 2.45) is 5.92 Å². The lowest BCUT2D eigenvalue weighted by Crippen LogP contribution is -2.36. The molecule has 2 rings (SSSR count). The molecule has 0 atom stereocenters. The van der Waals surface area contributed by atoms with Crippen LogP contribution in [0.4, 0.5) is 0 Å². The highest BCUT2D eigenvalue weighted by Gasteiger charge is 2.33. The fraction of sp³-hybridized carbons (Fsp3) is 0.692. The van der Waals surface area contributed by atoms with E-state index in [-0.39, 0.29) is 0 Å². The van der Waals surface area contributed by atoms with Crippen LogP contribution in [0.3, 0.4) is 0 Å². The van der Waals surface area contributed by atoms with E-state index < -0.39 is 5.60 Å². The first-order valence-electron chi connectivity index (χ1n) is 6.07. The molecule has 1 aliphatic carbocycles. The van der Waals surface area contributed by atoms with Crippen molar-refractivity contribution in [3.8, 4) is 0 Å². The second-order valence-electron chi connectivity index (χ2n) is 4.94. The quantitative estimate of drug-likeness (QED) is 0.878. The third-order valence-corrected chi connectivity index (χ3v) is 5.72. The zero-order valence-electron chi connectivity index (χ0n) is 9.71. The van der Waals surface area contributed by atoms with Gasteiger partial charge in [-0.2, -0.15) is 0 Å². The van der Waals surface area contributed by atoms with Crippen LogP contribution in [0.25, 0.3) is 0 Å². The molecule has 90 valence electrons. The van der Waals surface area contributed by atoms with Crippen molar-refractivity contribution < 1.29 is 5.11 Å². The zero-order valence-corrected chi connectivity index (χ0v) is 12.1. The van der Waals surface area contributed by atoms with Gasteiger partial charge in [-0.15, -0.1) is 11.3 Å². The molecular formula is C13H19BrOS. The van der Waals surface area contributed by atoms with Gasteiger partial charge < -0.3 is 5.11 Å². The van der Waals surface area contributed by atoms with Crippen molar-refractivity contribution in [2.75, 3.05) is 0 Å². The minimum absolute atomic E-state index is 0.445. The van der Waals surface area contributed by atoms with Crippen LogP contribution in [0.15, 0.2) is 15.9 Å². The lowest BCUT2D eigenvalue weighted by molar-refractivity contribution is -0.00868. The molecule has 1 aromatic heterocycles. The Hall–Kier alpha value is 0.140. The first-order chi connectivity index (χ1) is 7.63. The summed E-state index contributed by atoms with van der Waals surface area (Å²) in [6, 6.07) is 2.07. The lowest BCUT2D eigenvalue weighted by atomic mass is 9.76. The van der Waals surface area contributed by atoms with E-state index in [2.05, 4.69) is 34.3 Å². The van der Waals surface area contributed by atoms with Crippen LogP contribution in [0.1, 0.15) is 43.9 Å². The monoisotopic (exact) mass is 302 g/mol. The van der Waals surface area contributed by atoms with Gasteiger partial charge in [-0.3, -0.25) is 0 Å². The van der Waals surface area contributed by atoms with Crippen molar-refractivity contribution in [2.45, 2.75) is 51.0 Å². The summed E-state index contributed by atoms with van der Waals surface area (Å²) in [7, 11) is 0. The smallest absolute Gasteiger partial charge is 0.0696 e. The van der Waals surface area contributed by atoms with Crippen LogP contribution >= 0.6 is 27.3 Å². The summed E-state index contributed by atoms with van der Waals surface area (Å²) in [5.74, 6) is 0.840. The molecule has 1 saturated carbocycles. The van der Waals surface area contributed by atoms with E-state index in [4.69, 9.17) is 0 Å². The number of rotatable bonds is 3. The highest BCUT2D eigenvalue weighted by molar-refractivity contribution is 9.10. The molecule has 3 heteroatoms. The first-order valence-corrected chi connectivity index (χ1v) is 7.74. The van der Waals surface area contributed by atoms with E-state index in [1.54, 1.807) is 11.3 Å². The summed E-state index contributed by atoms with van der Waals surface area (Å²) >= 11 is 5.28. The highest BCUT2D eigenvalue weighted by Crippen LogP contribution is 2.38. The lowest BCUT2D eigenvalue weighted by Gasteiger charge is -2.35. The average molecular weight is 303 g/mol. The van der Waals surface area contributed by atoms with Crippen LogP contribution in [0, 0.1) is 5.92 Å². The predicted octanol–water partition coefficient (Wildman–Crippen LogP) is 4.38. The molecule has 1 nitrogen and oxygen atoms in total. The van der Waals surface area contributed by atoms with Crippen molar-refractivity contribution in [3.05, 3.63) is 20.8 Å². The highest BCUT2D eigenvalue weighted by atomic mass is 79.9. The van der Waals surface area contributed by atoms with E-state index in [1.807, 2.05) is 0 Å². The molecule has 1 N–H and O–H groups in total. The minimum Gasteiger partial charge on any atom is -0.390 e. The third-order valence-electron chi connectivity index (χ3n) is 3.79. The summed E-state index contributed by atoms with van der Waals surface area (Å²) in [5, 5.41) is 12.7. The summed E-state index contributed by atoms with van der Waals surface area (Å²) in [5.41, 5.74) is -0.445. The summed E-state index contributed by atoms with van der Waals surface area (Å²) in [4.78, 5) is 1.29. The molecule has 0 unspecified atom stereocenters. The molecule has 16 heavy (non-hydrogen) atoms. The van der Waals surface area contributed by atoms with Crippen molar-refractivity contribution in [3.63, 3.8) is 0 Å². The molecule has 0 spiro atoms. The maximum Gasteiger partial charge on any atom is 0.0696 e. The Kier molecular flexibility index (Phi) is 4.09. The van der Waals surface area contributed by atoms with Gasteiger partial charge in [0.2, 0.25) is 0 Å². The standard InChI is InChI=1S/C13H19BrOS/c1-2-10-3-6-13(15,7-4-10)9-12-11(14)5-8-16-12/h5,8,10,15H,2-4,6-7,9H2,1H3. The van der Waals surface area contributed by atoms with E-state index in [1.165, 1.54) is 24.1 Å². The number of aliphatic hydroxyl groups is 1. The Balaban J connectivity index is 1.97. The van der Waals surface area contributed by atoms with Gasteiger partial charge in [0.1, 0.15) is 0 Å². The molecular weight excluding hydrogens is 284 g/mol. The van der Waals surface area contributed by atoms with Crippen LogP contribution in [0.2, 0.25) is 0 Å². The Morgan fingerprint density at radius 1 is 1.50 bits per heavy atom. The van der Waals surface area contributed by atoms with E-state index in [9.17, 15) is 5.11 Å². The van der Waals surface area contributed by atoms with E-state index in [0.29, 0.717) is 0 Å². The van der Waals surface area contributed by atoms with E-state index in [0.717, 1.165) is 29.7 Å². The summed E-state index contributed by atoms with van der Waals surface area (Å²) in [6.07, 6.45) is 6.40. The number of hydrogen-bond donors (Lipinski definition) is 1. The normalized spacial score (nSPS) is 30.6. The number of thiophene rings is 1. The predicted molar refractivity (Wildman–Crippen MR) is 72.9 cm³/mol. The zero-order chi connectivity index (χ0) is 11.6. The largest absolute Gasteiger partial charge is 0.390 e. The minimum atomic E-state index is -0.445. The molecule has 0 saturated heterocycles. The first kappa shape index (κ1) is 12.6. The molecule has 1 heterocycles. The van der Waals surface area contributed by atoms with Gasteiger partial charge in [-0.1, -0.05) is 13.3 Å². The van der Waals surface area contributed by atoms with Gasteiger partial charge in [0.15, 0.2) is 0 Å². The SMILES string of the molecule is CCC1CCC(O)(Cc2sccc2Br)CC1.